The normalized spacial score (nSPS) is 31.4. The Labute approximate surface area is 105 Å². The quantitative estimate of drug-likeness (QED) is 0.775. The molecule has 6 heteroatoms. The first kappa shape index (κ1) is 11.7. The number of ether oxygens (including phenoxy) is 2. The molecular weight excluding hydrogens is 236 g/mol. The van der Waals surface area contributed by atoms with Crippen LogP contribution in [0, 0.1) is 0 Å². The standard InChI is InChI=1S/C12H16N2O4/c1-16-9-6-12(17-7-9)3-5-14(8-12)11(15)10-2-4-13-18-10/h2,4,9H,3,5-8H2,1H3/t9-,12+/m1/s1. The number of carbonyl (C=O) groups is 1. The Morgan fingerprint density at radius 3 is 3.22 bits per heavy atom. The van der Waals surface area contributed by atoms with Gasteiger partial charge in [0.25, 0.3) is 5.91 Å². The van der Waals surface area contributed by atoms with Gasteiger partial charge in [-0.3, -0.25) is 4.79 Å². The molecule has 1 amide bonds. The summed E-state index contributed by atoms with van der Waals surface area (Å²) in [5.74, 6) is 0.169. The molecule has 2 aliphatic heterocycles. The van der Waals surface area contributed by atoms with Crippen molar-refractivity contribution in [2.45, 2.75) is 24.5 Å². The number of hydrogen-bond acceptors (Lipinski definition) is 5. The molecule has 98 valence electrons. The number of aromatic nitrogens is 1. The van der Waals surface area contributed by atoms with E-state index >= 15 is 0 Å². The maximum Gasteiger partial charge on any atom is 0.292 e. The van der Waals surface area contributed by atoms with Gasteiger partial charge in [-0.25, -0.2) is 0 Å². The molecule has 0 unspecified atom stereocenters. The van der Waals surface area contributed by atoms with Crippen LogP contribution in [0.3, 0.4) is 0 Å². The Balaban J connectivity index is 1.67. The highest BCUT2D eigenvalue weighted by Crippen LogP contribution is 2.36. The molecule has 2 saturated heterocycles. The van der Waals surface area contributed by atoms with E-state index < -0.39 is 0 Å². The summed E-state index contributed by atoms with van der Waals surface area (Å²) in [4.78, 5) is 13.9. The van der Waals surface area contributed by atoms with Crippen LogP contribution in [0.25, 0.3) is 0 Å². The van der Waals surface area contributed by atoms with Crippen LogP contribution in [-0.4, -0.2) is 54.5 Å². The molecule has 2 fully saturated rings. The molecule has 0 aliphatic carbocycles. The number of nitrogens with zero attached hydrogens (tertiary/aromatic N) is 2. The highest BCUT2D eigenvalue weighted by molar-refractivity contribution is 5.91. The van der Waals surface area contributed by atoms with Crippen LogP contribution in [0.4, 0.5) is 0 Å². The van der Waals surface area contributed by atoms with Gasteiger partial charge in [0.05, 0.1) is 31.1 Å². The maximum atomic E-state index is 12.1. The molecule has 0 bridgehead atoms. The predicted octanol–water partition coefficient (Wildman–Crippen LogP) is 0.695. The average Bonchev–Trinajstić information content (AvgIpc) is 3.10. The minimum Gasteiger partial charge on any atom is -0.379 e. The van der Waals surface area contributed by atoms with Crippen LogP contribution in [0.1, 0.15) is 23.4 Å². The molecule has 0 aromatic carbocycles. The number of hydrogen-bond donors (Lipinski definition) is 0. The Kier molecular flexibility index (Phi) is 2.83. The fourth-order valence-corrected chi connectivity index (χ4v) is 2.74. The molecular formula is C12H16N2O4. The second kappa shape index (κ2) is 4.37. The summed E-state index contributed by atoms with van der Waals surface area (Å²) >= 11 is 0. The van der Waals surface area contributed by atoms with E-state index in [1.807, 2.05) is 0 Å². The lowest BCUT2D eigenvalue weighted by atomic mass is 9.98. The van der Waals surface area contributed by atoms with E-state index in [4.69, 9.17) is 14.0 Å². The van der Waals surface area contributed by atoms with E-state index in [2.05, 4.69) is 5.16 Å². The first-order valence-corrected chi connectivity index (χ1v) is 6.09. The molecule has 1 aromatic heterocycles. The molecule has 3 heterocycles. The van der Waals surface area contributed by atoms with Gasteiger partial charge in [0.2, 0.25) is 5.76 Å². The van der Waals surface area contributed by atoms with Crippen LogP contribution in [-0.2, 0) is 9.47 Å². The second-order valence-electron chi connectivity index (χ2n) is 4.91. The van der Waals surface area contributed by atoms with Crippen molar-refractivity contribution in [1.29, 1.82) is 0 Å². The van der Waals surface area contributed by atoms with E-state index in [0.717, 1.165) is 12.8 Å². The molecule has 6 nitrogen and oxygen atoms in total. The highest BCUT2D eigenvalue weighted by atomic mass is 16.6. The van der Waals surface area contributed by atoms with Gasteiger partial charge in [-0.15, -0.1) is 0 Å². The van der Waals surface area contributed by atoms with E-state index in [0.29, 0.717) is 19.7 Å². The van der Waals surface area contributed by atoms with Gasteiger partial charge in [0.1, 0.15) is 0 Å². The monoisotopic (exact) mass is 252 g/mol. The Morgan fingerprint density at radius 2 is 2.56 bits per heavy atom. The zero-order chi connectivity index (χ0) is 12.6. The van der Waals surface area contributed by atoms with Crippen molar-refractivity contribution in [3.63, 3.8) is 0 Å². The van der Waals surface area contributed by atoms with Gasteiger partial charge in [-0.2, -0.15) is 0 Å². The summed E-state index contributed by atoms with van der Waals surface area (Å²) in [7, 11) is 1.69. The van der Waals surface area contributed by atoms with Crippen molar-refractivity contribution < 1.29 is 18.8 Å². The minimum absolute atomic E-state index is 0.117. The number of rotatable bonds is 2. The lowest BCUT2D eigenvalue weighted by molar-refractivity contribution is 0.00669. The van der Waals surface area contributed by atoms with E-state index in [1.165, 1.54) is 6.20 Å². The molecule has 1 aromatic rings. The van der Waals surface area contributed by atoms with Gasteiger partial charge < -0.3 is 18.9 Å². The molecule has 0 N–H and O–H groups in total. The van der Waals surface area contributed by atoms with Crippen LogP contribution in [0.5, 0.6) is 0 Å². The van der Waals surface area contributed by atoms with Crippen LogP contribution >= 0.6 is 0 Å². The van der Waals surface area contributed by atoms with E-state index in [9.17, 15) is 4.79 Å². The lowest BCUT2D eigenvalue weighted by Gasteiger charge is -2.22. The first-order valence-electron chi connectivity index (χ1n) is 6.09. The maximum absolute atomic E-state index is 12.1. The van der Waals surface area contributed by atoms with Crippen LogP contribution < -0.4 is 0 Å². The minimum atomic E-state index is -0.226. The van der Waals surface area contributed by atoms with Gasteiger partial charge in [-0.05, 0) is 6.42 Å². The van der Waals surface area contributed by atoms with Crippen molar-refractivity contribution in [2.75, 3.05) is 26.8 Å². The van der Waals surface area contributed by atoms with Gasteiger partial charge in [-0.1, -0.05) is 5.16 Å². The van der Waals surface area contributed by atoms with E-state index in [1.54, 1.807) is 18.1 Å². The Hall–Kier alpha value is -1.40. The summed E-state index contributed by atoms with van der Waals surface area (Å²) < 4.78 is 16.0. The number of methoxy groups -OCH3 is 1. The molecule has 2 aliphatic rings. The lowest BCUT2D eigenvalue weighted by Crippen LogP contribution is -2.35. The van der Waals surface area contributed by atoms with Crippen molar-refractivity contribution in [3.05, 3.63) is 18.0 Å². The van der Waals surface area contributed by atoms with E-state index in [-0.39, 0.29) is 23.4 Å². The average molecular weight is 252 g/mol. The Morgan fingerprint density at radius 1 is 1.67 bits per heavy atom. The third-order valence-corrected chi connectivity index (χ3v) is 3.76. The fourth-order valence-electron chi connectivity index (χ4n) is 2.74. The topological polar surface area (TPSA) is 64.8 Å². The molecule has 1 spiro atoms. The molecule has 3 rings (SSSR count). The number of carbonyl (C=O) groups excluding carboxylic acids is 1. The first-order chi connectivity index (χ1) is 8.72. The molecule has 18 heavy (non-hydrogen) atoms. The highest BCUT2D eigenvalue weighted by Gasteiger charge is 2.47. The smallest absolute Gasteiger partial charge is 0.292 e. The van der Waals surface area contributed by atoms with Crippen molar-refractivity contribution in [3.8, 4) is 0 Å². The van der Waals surface area contributed by atoms with Gasteiger partial charge in [0, 0.05) is 26.1 Å². The SMILES string of the molecule is CO[C@H]1CO[C@@]2(CCN(C(=O)c3ccno3)C2)C1. The molecule has 2 atom stereocenters. The zero-order valence-corrected chi connectivity index (χ0v) is 10.3. The summed E-state index contributed by atoms with van der Waals surface area (Å²) in [5.41, 5.74) is -0.226. The summed E-state index contributed by atoms with van der Waals surface area (Å²) in [6, 6.07) is 1.58. The molecule has 0 radical (unpaired) electrons. The van der Waals surface area contributed by atoms with Crippen molar-refractivity contribution in [2.24, 2.45) is 0 Å². The largest absolute Gasteiger partial charge is 0.379 e. The second-order valence-corrected chi connectivity index (χ2v) is 4.91. The predicted molar refractivity (Wildman–Crippen MR) is 61.1 cm³/mol. The van der Waals surface area contributed by atoms with Crippen LogP contribution in [0.15, 0.2) is 16.8 Å². The number of likely N-dealkylation sites (tertiary alicyclic amines) is 1. The number of amides is 1. The van der Waals surface area contributed by atoms with Crippen molar-refractivity contribution in [1.82, 2.24) is 10.1 Å². The third-order valence-electron chi connectivity index (χ3n) is 3.76. The zero-order valence-electron chi connectivity index (χ0n) is 10.3. The fraction of sp³-hybridized carbons (Fsp3) is 0.667. The van der Waals surface area contributed by atoms with Gasteiger partial charge in [0.15, 0.2) is 0 Å². The summed E-state index contributed by atoms with van der Waals surface area (Å²) in [6.45, 7) is 1.91. The third kappa shape index (κ3) is 1.91. The van der Waals surface area contributed by atoms with Crippen molar-refractivity contribution >= 4 is 5.91 Å². The van der Waals surface area contributed by atoms with Crippen LogP contribution in [0.2, 0.25) is 0 Å². The van der Waals surface area contributed by atoms with Gasteiger partial charge >= 0.3 is 0 Å². The Bertz CT molecular complexity index is 433. The summed E-state index contributed by atoms with van der Waals surface area (Å²) in [6.07, 6.45) is 3.33. The molecule has 0 saturated carbocycles. The summed E-state index contributed by atoms with van der Waals surface area (Å²) in [5, 5.41) is 3.56.